The first-order valence-corrected chi connectivity index (χ1v) is 5.27. The number of hydrogen-bond donors (Lipinski definition) is 1. The molecule has 1 aromatic carbocycles. The van der Waals surface area contributed by atoms with Gasteiger partial charge < -0.3 is 5.11 Å². The van der Waals surface area contributed by atoms with Gasteiger partial charge in [0.05, 0.1) is 6.10 Å². The van der Waals surface area contributed by atoms with E-state index in [1.807, 2.05) is 24.3 Å². The highest BCUT2D eigenvalue weighted by Gasteiger charge is 2.20. The molecule has 0 saturated carbocycles. The lowest BCUT2D eigenvalue weighted by Gasteiger charge is -2.15. The third kappa shape index (κ3) is 2.27. The first kappa shape index (κ1) is 9.97. The zero-order valence-electron chi connectivity index (χ0n) is 7.99. The highest BCUT2D eigenvalue weighted by molar-refractivity contribution is 6.31. The van der Waals surface area contributed by atoms with Crippen LogP contribution in [0.15, 0.2) is 24.3 Å². The van der Waals surface area contributed by atoms with Crippen LogP contribution >= 0.6 is 11.6 Å². The summed E-state index contributed by atoms with van der Waals surface area (Å²) >= 11 is 6.05. The lowest BCUT2D eigenvalue weighted by Crippen LogP contribution is -2.21. The number of rotatable bonds is 2. The predicted octanol–water partition coefficient (Wildman–Crippen LogP) is 1.91. The van der Waals surface area contributed by atoms with Gasteiger partial charge in [0.1, 0.15) is 0 Å². The van der Waals surface area contributed by atoms with Gasteiger partial charge in [-0.1, -0.05) is 29.8 Å². The highest BCUT2D eigenvalue weighted by Crippen LogP contribution is 2.19. The molecule has 1 aromatic rings. The van der Waals surface area contributed by atoms with Crippen LogP contribution in [0.4, 0.5) is 0 Å². The van der Waals surface area contributed by atoms with Crippen molar-refractivity contribution in [2.45, 2.75) is 19.1 Å². The number of hydrogen-bond acceptors (Lipinski definition) is 2. The van der Waals surface area contributed by atoms with Crippen molar-refractivity contribution < 1.29 is 5.11 Å². The molecule has 1 aliphatic rings. The van der Waals surface area contributed by atoms with Crippen molar-refractivity contribution in [1.29, 1.82) is 0 Å². The molecule has 1 saturated heterocycles. The van der Waals surface area contributed by atoms with Gasteiger partial charge in [-0.3, -0.25) is 4.90 Å². The molecule has 1 fully saturated rings. The smallest absolute Gasteiger partial charge is 0.0679 e. The fraction of sp³-hybridized carbons (Fsp3) is 0.455. The van der Waals surface area contributed by atoms with Gasteiger partial charge in [0, 0.05) is 24.7 Å². The van der Waals surface area contributed by atoms with Crippen molar-refractivity contribution in [1.82, 2.24) is 4.90 Å². The van der Waals surface area contributed by atoms with E-state index in [-0.39, 0.29) is 6.10 Å². The van der Waals surface area contributed by atoms with E-state index in [2.05, 4.69) is 4.90 Å². The molecule has 2 nitrogen and oxygen atoms in total. The zero-order chi connectivity index (χ0) is 9.97. The van der Waals surface area contributed by atoms with E-state index in [0.717, 1.165) is 36.6 Å². The van der Waals surface area contributed by atoms with Crippen LogP contribution in [0.3, 0.4) is 0 Å². The summed E-state index contributed by atoms with van der Waals surface area (Å²) in [6.45, 7) is 2.58. The van der Waals surface area contributed by atoms with Gasteiger partial charge in [0.15, 0.2) is 0 Å². The van der Waals surface area contributed by atoms with Crippen LogP contribution in [0, 0.1) is 0 Å². The lowest BCUT2D eigenvalue weighted by molar-refractivity contribution is 0.175. The molecule has 3 heteroatoms. The van der Waals surface area contributed by atoms with Crippen LogP contribution in [0.1, 0.15) is 12.0 Å². The number of nitrogens with zero attached hydrogens (tertiary/aromatic N) is 1. The Morgan fingerprint density at radius 1 is 1.43 bits per heavy atom. The molecule has 0 radical (unpaired) electrons. The van der Waals surface area contributed by atoms with Crippen molar-refractivity contribution in [2.75, 3.05) is 13.1 Å². The maximum Gasteiger partial charge on any atom is 0.0679 e. The minimum Gasteiger partial charge on any atom is -0.392 e. The van der Waals surface area contributed by atoms with Gasteiger partial charge in [-0.15, -0.1) is 0 Å². The van der Waals surface area contributed by atoms with E-state index in [9.17, 15) is 5.11 Å². The van der Waals surface area contributed by atoms with E-state index in [1.54, 1.807) is 0 Å². The molecule has 1 aliphatic heterocycles. The predicted molar refractivity (Wildman–Crippen MR) is 57.4 cm³/mol. The monoisotopic (exact) mass is 211 g/mol. The van der Waals surface area contributed by atoms with E-state index < -0.39 is 0 Å². The second kappa shape index (κ2) is 4.30. The summed E-state index contributed by atoms with van der Waals surface area (Å²) in [7, 11) is 0. The van der Waals surface area contributed by atoms with E-state index in [0.29, 0.717) is 0 Å². The van der Waals surface area contributed by atoms with Crippen LogP contribution < -0.4 is 0 Å². The Kier molecular flexibility index (Phi) is 3.06. The minimum atomic E-state index is -0.155. The number of likely N-dealkylation sites (tertiary alicyclic amines) is 1. The van der Waals surface area contributed by atoms with Gasteiger partial charge in [0.2, 0.25) is 0 Å². The molecule has 0 amide bonds. The van der Waals surface area contributed by atoms with E-state index in [1.165, 1.54) is 0 Å². The zero-order valence-corrected chi connectivity index (χ0v) is 8.74. The molecule has 0 unspecified atom stereocenters. The fourth-order valence-corrected chi connectivity index (χ4v) is 2.02. The van der Waals surface area contributed by atoms with Gasteiger partial charge in [-0.2, -0.15) is 0 Å². The maximum atomic E-state index is 9.37. The average molecular weight is 212 g/mol. The first-order chi connectivity index (χ1) is 6.75. The molecule has 0 aromatic heterocycles. The van der Waals surface area contributed by atoms with Crippen molar-refractivity contribution in [3.63, 3.8) is 0 Å². The largest absolute Gasteiger partial charge is 0.392 e. The molecule has 14 heavy (non-hydrogen) atoms. The number of β-amino-alcohol motifs (C(OH)–C–C–N with tert-alkyl or cyclic N) is 1. The van der Waals surface area contributed by atoms with E-state index >= 15 is 0 Å². The maximum absolute atomic E-state index is 9.37. The molecule has 76 valence electrons. The molecule has 0 spiro atoms. The molecule has 1 heterocycles. The topological polar surface area (TPSA) is 23.5 Å². The molecule has 1 atom stereocenters. The molecular weight excluding hydrogens is 198 g/mol. The number of halogens is 1. The lowest BCUT2D eigenvalue weighted by atomic mass is 10.2. The fourth-order valence-electron chi connectivity index (χ4n) is 1.82. The summed E-state index contributed by atoms with van der Waals surface area (Å²) in [5, 5.41) is 10.2. The average Bonchev–Trinajstić information content (AvgIpc) is 2.56. The quantitative estimate of drug-likeness (QED) is 0.808. The Hall–Kier alpha value is -0.570. The summed E-state index contributed by atoms with van der Waals surface area (Å²) < 4.78 is 0. The van der Waals surface area contributed by atoms with E-state index in [4.69, 9.17) is 11.6 Å². The molecule has 1 N–H and O–H groups in total. The Balaban J connectivity index is 2.01. The Morgan fingerprint density at radius 2 is 2.21 bits per heavy atom. The summed E-state index contributed by atoms with van der Waals surface area (Å²) in [5.74, 6) is 0. The summed E-state index contributed by atoms with van der Waals surface area (Å²) in [5.41, 5.74) is 1.14. The van der Waals surface area contributed by atoms with Crippen LogP contribution in [-0.4, -0.2) is 29.2 Å². The SMILES string of the molecule is O[C@@H]1CCN(Cc2ccccc2Cl)C1. The van der Waals surface area contributed by atoms with Crippen LogP contribution in [0.5, 0.6) is 0 Å². The van der Waals surface area contributed by atoms with Crippen molar-refractivity contribution >= 4 is 11.6 Å². The summed E-state index contributed by atoms with van der Waals surface area (Å²) in [6.07, 6.45) is 0.724. The van der Waals surface area contributed by atoms with Gasteiger partial charge >= 0.3 is 0 Å². The molecular formula is C11H14ClNO. The molecule has 2 rings (SSSR count). The van der Waals surface area contributed by atoms with Crippen molar-refractivity contribution in [3.8, 4) is 0 Å². The Bertz CT molecular complexity index is 316. The third-order valence-corrected chi connectivity index (χ3v) is 2.97. The molecule has 0 aliphatic carbocycles. The first-order valence-electron chi connectivity index (χ1n) is 4.89. The number of aliphatic hydroxyl groups is 1. The number of benzene rings is 1. The Labute approximate surface area is 89.1 Å². The van der Waals surface area contributed by atoms with Crippen LogP contribution in [-0.2, 0) is 6.54 Å². The summed E-state index contributed by atoms with van der Waals surface area (Å²) in [6, 6.07) is 7.87. The van der Waals surface area contributed by atoms with Gasteiger partial charge in [0.25, 0.3) is 0 Å². The third-order valence-electron chi connectivity index (χ3n) is 2.60. The van der Waals surface area contributed by atoms with Crippen molar-refractivity contribution in [2.24, 2.45) is 0 Å². The molecule has 0 bridgehead atoms. The number of aliphatic hydroxyl groups excluding tert-OH is 1. The second-order valence-electron chi connectivity index (χ2n) is 3.77. The second-order valence-corrected chi connectivity index (χ2v) is 4.18. The standard InChI is InChI=1S/C11H14ClNO/c12-11-4-2-1-3-9(11)7-13-6-5-10(14)8-13/h1-4,10,14H,5-8H2/t10-/m1/s1. The summed E-state index contributed by atoms with van der Waals surface area (Å²) in [4.78, 5) is 2.23. The van der Waals surface area contributed by atoms with Crippen LogP contribution in [0.2, 0.25) is 5.02 Å². The normalized spacial score (nSPS) is 22.9. The van der Waals surface area contributed by atoms with Gasteiger partial charge in [-0.25, -0.2) is 0 Å². The highest BCUT2D eigenvalue weighted by atomic mass is 35.5. The van der Waals surface area contributed by atoms with Crippen LogP contribution in [0.25, 0.3) is 0 Å². The van der Waals surface area contributed by atoms with Crippen molar-refractivity contribution in [3.05, 3.63) is 34.9 Å². The Morgan fingerprint density at radius 3 is 2.86 bits per heavy atom. The minimum absolute atomic E-state index is 0.155. The van der Waals surface area contributed by atoms with Gasteiger partial charge in [-0.05, 0) is 18.1 Å².